The number of hydrogen-bond donors (Lipinski definition) is 2. The van der Waals surface area contributed by atoms with Crippen LogP contribution in [0.15, 0.2) is 30.5 Å². The largest absolute Gasteiger partial charge is 0.384 e. The van der Waals surface area contributed by atoms with E-state index in [9.17, 15) is 0 Å². The van der Waals surface area contributed by atoms with E-state index in [1.807, 2.05) is 30.5 Å². The van der Waals surface area contributed by atoms with Gasteiger partial charge in [0.15, 0.2) is 0 Å². The van der Waals surface area contributed by atoms with E-state index in [1.54, 1.807) is 7.11 Å². The van der Waals surface area contributed by atoms with Crippen molar-refractivity contribution in [3.05, 3.63) is 35.5 Å². The second-order valence-electron chi connectivity index (χ2n) is 7.10. The van der Waals surface area contributed by atoms with Crippen LogP contribution in [0.1, 0.15) is 12.8 Å². The molecule has 7 nitrogen and oxygen atoms in total. The van der Waals surface area contributed by atoms with E-state index >= 15 is 0 Å². The first-order chi connectivity index (χ1) is 13.2. The Hall–Kier alpha value is -2.22. The van der Waals surface area contributed by atoms with Gasteiger partial charge in [-0.15, -0.1) is 0 Å². The molecule has 0 saturated carbocycles. The predicted molar refractivity (Wildman–Crippen MR) is 107 cm³/mol. The third-order valence-corrected chi connectivity index (χ3v) is 5.76. The Bertz CT molecular complexity index is 935. The first-order valence-corrected chi connectivity index (χ1v) is 9.43. The van der Waals surface area contributed by atoms with Gasteiger partial charge < -0.3 is 15.4 Å². The van der Waals surface area contributed by atoms with Crippen LogP contribution >= 0.6 is 11.6 Å². The van der Waals surface area contributed by atoms with Gasteiger partial charge >= 0.3 is 0 Å². The van der Waals surface area contributed by atoms with E-state index in [2.05, 4.69) is 20.1 Å². The Morgan fingerprint density at radius 3 is 2.78 bits per heavy atom. The summed E-state index contributed by atoms with van der Waals surface area (Å²) in [6.07, 6.45) is 3.76. The molecule has 1 aliphatic rings. The minimum absolute atomic E-state index is 0.0618. The molecule has 142 valence electrons. The van der Waals surface area contributed by atoms with Crippen LogP contribution in [0.3, 0.4) is 0 Å². The van der Waals surface area contributed by atoms with Crippen LogP contribution < -0.4 is 10.6 Å². The van der Waals surface area contributed by atoms with Gasteiger partial charge in [-0.1, -0.05) is 29.8 Å². The number of rotatable bonds is 5. The SMILES string of the molecule is COCC1(CN)CCN(c2cnc3c(-c4ccccc4Cl)[nH]nc3n2)CC1. The Balaban J connectivity index is 1.58. The number of nitrogens with one attached hydrogen (secondary N) is 1. The topological polar surface area (TPSA) is 93.0 Å². The molecular weight excluding hydrogens is 364 g/mol. The van der Waals surface area contributed by atoms with E-state index in [0.29, 0.717) is 23.8 Å². The maximum Gasteiger partial charge on any atom is 0.202 e. The van der Waals surface area contributed by atoms with Crippen molar-refractivity contribution in [2.24, 2.45) is 11.1 Å². The highest BCUT2D eigenvalue weighted by Crippen LogP contribution is 2.34. The third-order valence-electron chi connectivity index (χ3n) is 5.43. The molecule has 0 atom stereocenters. The molecule has 3 aromatic rings. The number of fused-ring (bicyclic) bond motifs is 1. The summed E-state index contributed by atoms with van der Waals surface area (Å²) >= 11 is 6.31. The minimum Gasteiger partial charge on any atom is -0.384 e. The Morgan fingerprint density at radius 2 is 2.07 bits per heavy atom. The molecule has 8 heteroatoms. The quantitative estimate of drug-likeness (QED) is 0.700. The molecule has 0 aliphatic carbocycles. The molecule has 0 bridgehead atoms. The molecule has 1 aromatic carbocycles. The van der Waals surface area contributed by atoms with Crippen molar-refractivity contribution in [3.63, 3.8) is 0 Å². The summed E-state index contributed by atoms with van der Waals surface area (Å²) in [5, 5.41) is 8.02. The van der Waals surface area contributed by atoms with E-state index in [0.717, 1.165) is 48.5 Å². The molecule has 3 heterocycles. The smallest absolute Gasteiger partial charge is 0.202 e. The molecule has 4 rings (SSSR count). The fraction of sp³-hybridized carbons (Fsp3) is 0.421. The van der Waals surface area contributed by atoms with Crippen LogP contribution in [0.5, 0.6) is 0 Å². The van der Waals surface area contributed by atoms with Gasteiger partial charge in [-0.05, 0) is 18.9 Å². The molecule has 1 aliphatic heterocycles. The number of aromatic amines is 1. The van der Waals surface area contributed by atoms with Gasteiger partial charge in [0, 0.05) is 37.7 Å². The second-order valence-corrected chi connectivity index (χ2v) is 7.51. The summed E-state index contributed by atoms with van der Waals surface area (Å²) in [7, 11) is 1.73. The van der Waals surface area contributed by atoms with E-state index in [4.69, 9.17) is 27.1 Å². The number of nitrogens with zero attached hydrogens (tertiary/aromatic N) is 4. The van der Waals surface area contributed by atoms with Crippen LogP contribution in [0, 0.1) is 5.41 Å². The van der Waals surface area contributed by atoms with Gasteiger partial charge in [-0.2, -0.15) is 5.10 Å². The van der Waals surface area contributed by atoms with Crippen molar-refractivity contribution in [2.75, 3.05) is 38.3 Å². The summed E-state index contributed by atoms with van der Waals surface area (Å²) in [5.74, 6) is 0.836. The van der Waals surface area contributed by atoms with Crippen LogP contribution in [0.25, 0.3) is 22.4 Å². The predicted octanol–water partition coefficient (Wildman–Crippen LogP) is 2.87. The fourth-order valence-corrected chi connectivity index (χ4v) is 3.94. The number of hydrogen-bond acceptors (Lipinski definition) is 6. The lowest BCUT2D eigenvalue weighted by atomic mass is 9.79. The summed E-state index contributed by atoms with van der Waals surface area (Å²) in [4.78, 5) is 11.6. The molecule has 0 unspecified atom stereocenters. The van der Waals surface area contributed by atoms with Crippen molar-refractivity contribution in [1.29, 1.82) is 0 Å². The zero-order chi connectivity index (χ0) is 18.9. The van der Waals surface area contributed by atoms with Gasteiger partial charge in [-0.3, -0.25) is 5.10 Å². The lowest BCUT2D eigenvalue weighted by Gasteiger charge is -2.41. The lowest BCUT2D eigenvalue weighted by molar-refractivity contribution is 0.0653. The van der Waals surface area contributed by atoms with Crippen molar-refractivity contribution in [3.8, 4) is 11.3 Å². The van der Waals surface area contributed by atoms with Gasteiger partial charge in [0.25, 0.3) is 0 Å². The number of anilines is 1. The molecule has 27 heavy (non-hydrogen) atoms. The van der Waals surface area contributed by atoms with Gasteiger partial charge in [0.1, 0.15) is 11.3 Å². The van der Waals surface area contributed by atoms with Crippen LogP contribution in [0.2, 0.25) is 5.02 Å². The number of piperidine rings is 1. The van der Waals surface area contributed by atoms with E-state index in [1.165, 1.54) is 0 Å². The van der Waals surface area contributed by atoms with E-state index < -0.39 is 0 Å². The number of H-pyrrole nitrogens is 1. The maximum atomic E-state index is 6.31. The average molecular weight is 387 g/mol. The van der Waals surface area contributed by atoms with Crippen LogP contribution in [-0.2, 0) is 4.74 Å². The first-order valence-electron chi connectivity index (χ1n) is 9.06. The fourth-order valence-electron chi connectivity index (χ4n) is 3.71. The number of halogens is 1. The highest BCUT2D eigenvalue weighted by atomic mass is 35.5. The summed E-state index contributed by atoms with van der Waals surface area (Å²) in [6.45, 7) is 3.09. The molecule has 0 spiro atoms. The normalized spacial score (nSPS) is 16.8. The molecule has 0 amide bonds. The minimum atomic E-state index is 0.0618. The van der Waals surface area contributed by atoms with E-state index in [-0.39, 0.29) is 5.41 Å². The highest BCUT2D eigenvalue weighted by Gasteiger charge is 2.34. The monoisotopic (exact) mass is 386 g/mol. The third kappa shape index (κ3) is 3.38. The summed E-state index contributed by atoms with van der Waals surface area (Å²) in [5.41, 5.74) is 9.03. The zero-order valence-electron chi connectivity index (χ0n) is 15.3. The molecule has 1 saturated heterocycles. The molecular formula is C19H23ClN6O. The standard InChI is InChI=1S/C19H23ClN6O/c1-27-12-19(11-21)6-8-26(9-7-19)15-10-22-17-16(24-25-18(17)23-15)13-4-2-3-5-14(13)20/h2-5,10H,6-9,11-12,21H2,1H3,(H,23,24,25). The second kappa shape index (κ2) is 7.42. The number of benzene rings is 1. The molecule has 2 aromatic heterocycles. The van der Waals surface area contributed by atoms with Gasteiger partial charge in [0.05, 0.1) is 23.5 Å². The maximum absolute atomic E-state index is 6.31. The van der Waals surface area contributed by atoms with Crippen molar-refractivity contribution in [1.82, 2.24) is 20.2 Å². The Morgan fingerprint density at radius 1 is 1.30 bits per heavy atom. The highest BCUT2D eigenvalue weighted by molar-refractivity contribution is 6.33. The van der Waals surface area contributed by atoms with Crippen LogP contribution in [-0.4, -0.2) is 53.5 Å². The van der Waals surface area contributed by atoms with Crippen molar-refractivity contribution >= 4 is 28.6 Å². The number of aromatic nitrogens is 4. The summed E-state index contributed by atoms with van der Waals surface area (Å²) in [6, 6.07) is 7.63. The molecule has 3 N–H and O–H groups in total. The molecule has 1 fully saturated rings. The number of methoxy groups -OCH3 is 1. The average Bonchev–Trinajstić information content (AvgIpc) is 3.12. The zero-order valence-corrected chi connectivity index (χ0v) is 16.0. The van der Waals surface area contributed by atoms with Crippen LogP contribution in [0.4, 0.5) is 5.82 Å². The van der Waals surface area contributed by atoms with Gasteiger partial charge in [0.2, 0.25) is 5.65 Å². The van der Waals surface area contributed by atoms with Gasteiger partial charge in [-0.25, -0.2) is 9.97 Å². The number of ether oxygens (including phenoxy) is 1. The Kier molecular flexibility index (Phi) is 4.99. The molecule has 0 radical (unpaired) electrons. The first kappa shape index (κ1) is 18.2. The van der Waals surface area contributed by atoms with Crippen molar-refractivity contribution in [2.45, 2.75) is 12.8 Å². The lowest BCUT2D eigenvalue weighted by Crippen LogP contribution is -2.46. The van der Waals surface area contributed by atoms with Crippen molar-refractivity contribution < 1.29 is 4.74 Å². The summed E-state index contributed by atoms with van der Waals surface area (Å²) < 4.78 is 5.38. The number of nitrogens with two attached hydrogens (primary N) is 1. The Labute approximate surface area is 162 Å².